The third-order valence-electron chi connectivity index (χ3n) is 3.59. The number of H-pyrrole nitrogens is 1. The van der Waals surface area contributed by atoms with E-state index in [2.05, 4.69) is 10.2 Å². The summed E-state index contributed by atoms with van der Waals surface area (Å²) < 4.78 is 5.35. The molecule has 2 rings (SSSR count). The van der Waals surface area contributed by atoms with Gasteiger partial charge in [-0.3, -0.25) is 9.89 Å². The lowest BCUT2D eigenvalue weighted by molar-refractivity contribution is 0.0139. The van der Waals surface area contributed by atoms with E-state index in [1.807, 2.05) is 11.8 Å². The zero-order valence-corrected chi connectivity index (χ0v) is 10.8. The number of aromatic nitrogens is 2. The van der Waals surface area contributed by atoms with E-state index in [-0.39, 0.29) is 18.1 Å². The van der Waals surface area contributed by atoms with Crippen LogP contribution in [0.3, 0.4) is 0 Å². The van der Waals surface area contributed by atoms with E-state index in [4.69, 9.17) is 10.5 Å². The Morgan fingerprint density at radius 3 is 3.06 bits per heavy atom. The number of likely N-dealkylation sites (tertiary alicyclic amines) is 1. The van der Waals surface area contributed by atoms with E-state index in [0.29, 0.717) is 18.7 Å². The summed E-state index contributed by atoms with van der Waals surface area (Å²) in [6.07, 6.45) is 3.44. The van der Waals surface area contributed by atoms with Crippen LogP contribution in [0.25, 0.3) is 0 Å². The van der Waals surface area contributed by atoms with Crippen LogP contribution in [0.4, 0.5) is 0 Å². The lowest BCUT2D eigenvalue weighted by Gasteiger charge is -2.38. The van der Waals surface area contributed by atoms with E-state index in [1.54, 1.807) is 13.3 Å². The number of methoxy groups -OCH3 is 1. The third-order valence-corrected chi connectivity index (χ3v) is 3.59. The normalized spacial score (nSPS) is 24.3. The Hall–Kier alpha value is -1.40. The van der Waals surface area contributed by atoms with Crippen LogP contribution >= 0.6 is 0 Å². The molecule has 1 aliphatic rings. The molecule has 100 valence electrons. The molecular weight excluding hydrogens is 232 g/mol. The first-order valence-electron chi connectivity index (χ1n) is 6.21. The molecule has 6 nitrogen and oxygen atoms in total. The van der Waals surface area contributed by atoms with Crippen molar-refractivity contribution in [1.82, 2.24) is 15.1 Å². The van der Waals surface area contributed by atoms with Gasteiger partial charge in [0.2, 0.25) is 0 Å². The Bertz CT molecular complexity index is 418. The minimum absolute atomic E-state index is 0.00579. The van der Waals surface area contributed by atoms with Crippen LogP contribution in [0.1, 0.15) is 28.9 Å². The van der Waals surface area contributed by atoms with Crippen molar-refractivity contribution in [3.05, 3.63) is 17.5 Å². The standard InChI is InChI=1S/C12H20N4O2/c1-8-11(7-14-15-8)12(17)16-4-3-10(18-2)5-9(16)6-13/h7,9-10H,3-6,13H2,1-2H3,(H,14,15). The number of hydrogen-bond donors (Lipinski definition) is 2. The molecule has 2 unspecified atom stereocenters. The van der Waals surface area contributed by atoms with E-state index >= 15 is 0 Å². The summed E-state index contributed by atoms with van der Waals surface area (Å²) >= 11 is 0. The first kappa shape index (κ1) is 13.0. The molecular formula is C12H20N4O2. The van der Waals surface area contributed by atoms with Crippen molar-refractivity contribution in [2.24, 2.45) is 5.73 Å². The highest BCUT2D eigenvalue weighted by molar-refractivity contribution is 5.95. The van der Waals surface area contributed by atoms with Gasteiger partial charge in [-0.05, 0) is 19.8 Å². The fourth-order valence-corrected chi connectivity index (χ4v) is 2.44. The molecule has 18 heavy (non-hydrogen) atoms. The second kappa shape index (κ2) is 5.49. The lowest BCUT2D eigenvalue weighted by atomic mass is 9.98. The molecule has 0 saturated carbocycles. The van der Waals surface area contributed by atoms with Gasteiger partial charge in [-0.15, -0.1) is 0 Å². The van der Waals surface area contributed by atoms with E-state index in [1.165, 1.54) is 0 Å². The van der Waals surface area contributed by atoms with Crippen LogP contribution < -0.4 is 5.73 Å². The summed E-state index contributed by atoms with van der Waals surface area (Å²) in [6.45, 7) is 2.99. The predicted molar refractivity (Wildman–Crippen MR) is 67.2 cm³/mol. The third kappa shape index (κ3) is 2.39. The number of amides is 1. The second-order valence-electron chi connectivity index (χ2n) is 4.68. The fourth-order valence-electron chi connectivity index (χ4n) is 2.44. The number of piperidine rings is 1. The van der Waals surface area contributed by atoms with Crippen LogP contribution in [0.15, 0.2) is 6.20 Å². The van der Waals surface area contributed by atoms with Gasteiger partial charge in [0, 0.05) is 31.9 Å². The Balaban J connectivity index is 2.13. The zero-order chi connectivity index (χ0) is 13.1. The van der Waals surface area contributed by atoms with Crippen LogP contribution in [0.2, 0.25) is 0 Å². The van der Waals surface area contributed by atoms with Crippen molar-refractivity contribution >= 4 is 5.91 Å². The molecule has 6 heteroatoms. The van der Waals surface area contributed by atoms with Gasteiger partial charge in [0.25, 0.3) is 5.91 Å². The second-order valence-corrected chi connectivity index (χ2v) is 4.68. The van der Waals surface area contributed by atoms with Crippen molar-refractivity contribution in [3.8, 4) is 0 Å². The van der Waals surface area contributed by atoms with Crippen molar-refractivity contribution in [2.45, 2.75) is 31.9 Å². The maximum absolute atomic E-state index is 12.4. The summed E-state index contributed by atoms with van der Waals surface area (Å²) in [5.41, 5.74) is 7.19. The summed E-state index contributed by atoms with van der Waals surface area (Å²) in [6, 6.07) is 0.0468. The summed E-state index contributed by atoms with van der Waals surface area (Å²) in [7, 11) is 1.70. The van der Waals surface area contributed by atoms with Crippen molar-refractivity contribution in [2.75, 3.05) is 20.2 Å². The molecule has 0 aliphatic carbocycles. The number of aromatic amines is 1. The molecule has 1 saturated heterocycles. The van der Waals surface area contributed by atoms with Gasteiger partial charge in [-0.2, -0.15) is 5.10 Å². The molecule has 3 N–H and O–H groups in total. The number of rotatable bonds is 3. The SMILES string of the molecule is COC1CCN(C(=O)c2cn[nH]c2C)C(CN)C1. The predicted octanol–water partition coefficient (Wildman–Crippen LogP) is 0.296. The first-order chi connectivity index (χ1) is 8.67. The number of nitrogens with one attached hydrogen (secondary N) is 1. The van der Waals surface area contributed by atoms with E-state index in [9.17, 15) is 4.79 Å². The topological polar surface area (TPSA) is 84.2 Å². The van der Waals surface area contributed by atoms with E-state index in [0.717, 1.165) is 18.5 Å². The molecule has 0 aromatic carbocycles. The number of nitrogens with zero attached hydrogens (tertiary/aromatic N) is 2. The summed E-state index contributed by atoms with van der Waals surface area (Å²) in [4.78, 5) is 14.3. The van der Waals surface area contributed by atoms with Crippen LogP contribution in [0, 0.1) is 6.92 Å². The quantitative estimate of drug-likeness (QED) is 0.810. The molecule has 1 aliphatic heterocycles. The fraction of sp³-hybridized carbons (Fsp3) is 0.667. The number of carbonyl (C=O) groups excluding carboxylic acids is 1. The van der Waals surface area contributed by atoms with Gasteiger partial charge in [0.1, 0.15) is 0 Å². The van der Waals surface area contributed by atoms with Gasteiger partial charge in [-0.25, -0.2) is 0 Å². The van der Waals surface area contributed by atoms with E-state index < -0.39 is 0 Å². The van der Waals surface area contributed by atoms with Gasteiger partial charge < -0.3 is 15.4 Å². The lowest BCUT2D eigenvalue weighted by Crippen LogP contribution is -2.51. The Morgan fingerprint density at radius 1 is 1.72 bits per heavy atom. The largest absolute Gasteiger partial charge is 0.381 e. The number of nitrogens with two attached hydrogens (primary N) is 1. The van der Waals surface area contributed by atoms with Gasteiger partial charge in [0.05, 0.1) is 17.9 Å². The minimum atomic E-state index is 0.00579. The molecule has 0 spiro atoms. The molecule has 0 radical (unpaired) electrons. The van der Waals surface area contributed by atoms with Gasteiger partial charge >= 0.3 is 0 Å². The van der Waals surface area contributed by atoms with Crippen molar-refractivity contribution in [3.63, 3.8) is 0 Å². The summed E-state index contributed by atoms with van der Waals surface area (Å²) in [5.74, 6) is 0.00579. The zero-order valence-electron chi connectivity index (χ0n) is 10.8. The highest BCUT2D eigenvalue weighted by Gasteiger charge is 2.32. The Kier molecular flexibility index (Phi) is 3.98. The average Bonchev–Trinajstić information content (AvgIpc) is 2.83. The molecule has 1 fully saturated rings. The van der Waals surface area contributed by atoms with Crippen molar-refractivity contribution < 1.29 is 9.53 Å². The highest BCUT2D eigenvalue weighted by atomic mass is 16.5. The maximum Gasteiger partial charge on any atom is 0.257 e. The minimum Gasteiger partial charge on any atom is -0.381 e. The van der Waals surface area contributed by atoms with Crippen LogP contribution in [-0.4, -0.2) is 53.3 Å². The Labute approximate surface area is 106 Å². The van der Waals surface area contributed by atoms with Crippen molar-refractivity contribution in [1.29, 1.82) is 0 Å². The smallest absolute Gasteiger partial charge is 0.257 e. The summed E-state index contributed by atoms with van der Waals surface area (Å²) in [5, 5.41) is 6.68. The molecule has 1 aromatic rings. The highest BCUT2D eigenvalue weighted by Crippen LogP contribution is 2.21. The van der Waals surface area contributed by atoms with Gasteiger partial charge in [-0.1, -0.05) is 0 Å². The maximum atomic E-state index is 12.4. The monoisotopic (exact) mass is 252 g/mol. The number of hydrogen-bond acceptors (Lipinski definition) is 4. The Morgan fingerprint density at radius 2 is 2.50 bits per heavy atom. The molecule has 1 aromatic heterocycles. The molecule has 2 heterocycles. The van der Waals surface area contributed by atoms with Gasteiger partial charge in [0.15, 0.2) is 0 Å². The number of ether oxygens (including phenoxy) is 1. The molecule has 2 atom stereocenters. The number of carbonyl (C=O) groups is 1. The molecule has 1 amide bonds. The average molecular weight is 252 g/mol. The number of aryl methyl sites for hydroxylation is 1. The van der Waals surface area contributed by atoms with Crippen LogP contribution in [-0.2, 0) is 4.74 Å². The molecule has 0 bridgehead atoms. The first-order valence-corrected chi connectivity index (χ1v) is 6.21. The van der Waals surface area contributed by atoms with Crippen LogP contribution in [0.5, 0.6) is 0 Å².